The molecule has 1 heterocycles. The van der Waals surface area contributed by atoms with E-state index in [0.29, 0.717) is 6.04 Å². The van der Waals surface area contributed by atoms with Gasteiger partial charge in [0.05, 0.1) is 0 Å². The van der Waals surface area contributed by atoms with E-state index in [4.69, 9.17) is 5.73 Å². The van der Waals surface area contributed by atoms with Gasteiger partial charge in [0.15, 0.2) is 0 Å². The van der Waals surface area contributed by atoms with Crippen LogP contribution in [0.4, 0.5) is 0 Å². The third-order valence-electron chi connectivity index (χ3n) is 2.31. The molecule has 1 amide bonds. The van der Waals surface area contributed by atoms with Gasteiger partial charge in [-0.2, -0.15) is 0 Å². The Balaban J connectivity index is 2.54. The Morgan fingerprint density at radius 3 is 3.00 bits per heavy atom. The summed E-state index contributed by atoms with van der Waals surface area (Å²) < 4.78 is 1.81. The van der Waals surface area contributed by atoms with Crippen LogP contribution < -0.4 is 11.1 Å². The number of hydrogen-bond donors (Lipinski definition) is 2. The van der Waals surface area contributed by atoms with E-state index in [1.165, 1.54) is 5.56 Å². The Kier molecular flexibility index (Phi) is 4.37. The van der Waals surface area contributed by atoms with Gasteiger partial charge in [0.2, 0.25) is 5.91 Å². The highest BCUT2D eigenvalue weighted by Gasteiger charge is 2.06. The minimum atomic E-state index is -0.314. The predicted molar refractivity (Wildman–Crippen MR) is 60.3 cm³/mol. The van der Waals surface area contributed by atoms with Crippen molar-refractivity contribution in [3.8, 4) is 0 Å². The molecule has 0 fully saturated rings. The molecule has 0 aromatic carbocycles. The maximum atomic E-state index is 10.7. The van der Waals surface area contributed by atoms with Crippen molar-refractivity contribution < 1.29 is 4.79 Å². The number of primary amides is 1. The zero-order chi connectivity index (χ0) is 11.3. The van der Waals surface area contributed by atoms with Crippen molar-refractivity contribution in [2.45, 2.75) is 32.9 Å². The van der Waals surface area contributed by atoms with Gasteiger partial charge >= 0.3 is 0 Å². The van der Waals surface area contributed by atoms with Crippen LogP contribution in [0.2, 0.25) is 0 Å². The fourth-order valence-corrected chi connectivity index (χ4v) is 1.47. The van der Waals surface area contributed by atoms with Crippen molar-refractivity contribution in [3.05, 3.63) is 24.0 Å². The van der Waals surface area contributed by atoms with Crippen molar-refractivity contribution in [2.75, 3.05) is 6.54 Å². The summed E-state index contributed by atoms with van der Waals surface area (Å²) in [6, 6.07) is 2.33. The number of nitrogens with one attached hydrogen (secondary N) is 1. The molecule has 0 saturated carbocycles. The summed E-state index contributed by atoms with van der Waals surface area (Å²) in [4.78, 5) is 10.7. The lowest BCUT2D eigenvalue weighted by atomic mass is 10.2. The van der Waals surface area contributed by atoms with Gasteiger partial charge in [-0.25, -0.2) is 0 Å². The lowest BCUT2D eigenvalue weighted by Crippen LogP contribution is -2.19. The molecule has 1 unspecified atom stereocenters. The number of aromatic nitrogens is 1. The number of carbonyl (C=O) groups excluding carboxylic acids is 1. The van der Waals surface area contributed by atoms with E-state index in [9.17, 15) is 4.79 Å². The minimum Gasteiger partial charge on any atom is -0.368 e. The number of carbonyl (C=O) groups is 1. The molecule has 1 aromatic rings. The normalized spacial score (nSPS) is 12.7. The van der Waals surface area contributed by atoms with Gasteiger partial charge in [-0.15, -0.1) is 0 Å². The molecule has 0 radical (unpaired) electrons. The summed E-state index contributed by atoms with van der Waals surface area (Å²) in [7, 11) is 0. The molecule has 1 rings (SSSR count). The molecule has 0 bridgehead atoms. The smallest absolute Gasteiger partial charge is 0.237 e. The number of hydrogen-bond acceptors (Lipinski definition) is 2. The Bertz CT molecular complexity index is 319. The van der Waals surface area contributed by atoms with Crippen LogP contribution in [0, 0.1) is 0 Å². The van der Waals surface area contributed by atoms with E-state index < -0.39 is 0 Å². The standard InChI is InChI=1S/C11H19N3O/c1-3-5-13-9(2)10-4-6-14(7-10)8-11(12)15/h4,6-7,9,13H,3,5,8H2,1-2H3,(H2,12,15). The maximum absolute atomic E-state index is 10.7. The predicted octanol–water partition coefficient (Wildman–Crippen LogP) is 1.03. The fourth-order valence-electron chi connectivity index (χ4n) is 1.47. The fraction of sp³-hybridized carbons (Fsp3) is 0.545. The molecule has 1 atom stereocenters. The number of nitrogens with two attached hydrogens (primary N) is 1. The first kappa shape index (κ1) is 11.8. The van der Waals surface area contributed by atoms with Crippen LogP contribution in [-0.4, -0.2) is 17.0 Å². The van der Waals surface area contributed by atoms with Crippen LogP contribution in [0.25, 0.3) is 0 Å². The Morgan fingerprint density at radius 1 is 1.67 bits per heavy atom. The van der Waals surface area contributed by atoms with Crippen LogP contribution in [0.3, 0.4) is 0 Å². The molecule has 0 saturated heterocycles. The van der Waals surface area contributed by atoms with Crippen LogP contribution in [-0.2, 0) is 11.3 Å². The van der Waals surface area contributed by atoms with Crippen LogP contribution in [0.15, 0.2) is 18.5 Å². The lowest BCUT2D eigenvalue weighted by Gasteiger charge is -2.10. The first-order valence-corrected chi connectivity index (χ1v) is 5.31. The van der Waals surface area contributed by atoms with E-state index in [1.807, 2.05) is 23.0 Å². The molecule has 0 spiro atoms. The number of nitrogens with zero attached hydrogens (tertiary/aromatic N) is 1. The molecule has 0 aliphatic carbocycles. The van der Waals surface area contributed by atoms with Gasteiger partial charge in [0.1, 0.15) is 6.54 Å². The molecule has 4 heteroatoms. The van der Waals surface area contributed by atoms with E-state index in [-0.39, 0.29) is 12.5 Å². The van der Waals surface area contributed by atoms with Crippen molar-refractivity contribution >= 4 is 5.91 Å². The van der Waals surface area contributed by atoms with E-state index >= 15 is 0 Å². The first-order valence-electron chi connectivity index (χ1n) is 5.31. The van der Waals surface area contributed by atoms with Gasteiger partial charge in [-0.1, -0.05) is 6.92 Å². The molecular weight excluding hydrogens is 190 g/mol. The summed E-state index contributed by atoms with van der Waals surface area (Å²) in [6.45, 7) is 5.50. The van der Waals surface area contributed by atoms with Crippen LogP contribution in [0.1, 0.15) is 31.9 Å². The molecule has 4 nitrogen and oxygen atoms in total. The zero-order valence-electron chi connectivity index (χ0n) is 9.36. The second-order valence-corrected chi connectivity index (χ2v) is 3.76. The quantitative estimate of drug-likeness (QED) is 0.735. The van der Waals surface area contributed by atoms with E-state index in [2.05, 4.69) is 19.2 Å². The Labute approximate surface area is 90.5 Å². The molecule has 84 valence electrons. The average molecular weight is 209 g/mol. The molecule has 15 heavy (non-hydrogen) atoms. The second-order valence-electron chi connectivity index (χ2n) is 3.76. The largest absolute Gasteiger partial charge is 0.368 e. The molecule has 1 aromatic heterocycles. The second kappa shape index (κ2) is 5.56. The van der Waals surface area contributed by atoms with Crippen molar-refractivity contribution in [1.82, 2.24) is 9.88 Å². The lowest BCUT2D eigenvalue weighted by molar-refractivity contribution is -0.118. The van der Waals surface area contributed by atoms with Crippen LogP contribution >= 0.6 is 0 Å². The average Bonchev–Trinajstić information content (AvgIpc) is 2.61. The SMILES string of the molecule is CCCNC(C)c1ccn(CC(N)=O)c1. The minimum absolute atomic E-state index is 0.250. The summed E-state index contributed by atoms with van der Waals surface area (Å²) in [5, 5.41) is 3.39. The molecule has 0 aliphatic heterocycles. The molecule has 3 N–H and O–H groups in total. The van der Waals surface area contributed by atoms with Gasteiger partial charge in [0.25, 0.3) is 0 Å². The Morgan fingerprint density at radius 2 is 2.40 bits per heavy atom. The van der Waals surface area contributed by atoms with Gasteiger partial charge in [-0.3, -0.25) is 4.79 Å². The molecule has 0 aliphatic rings. The topological polar surface area (TPSA) is 60.1 Å². The van der Waals surface area contributed by atoms with Gasteiger partial charge in [-0.05, 0) is 31.5 Å². The van der Waals surface area contributed by atoms with E-state index in [0.717, 1.165) is 13.0 Å². The monoisotopic (exact) mass is 209 g/mol. The number of rotatable bonds is 6. The first-order chi connectivity index (χ1) is 7.13. The zero-order valence-corrected chi connectivity index (χ0v) is 9.36. The molecular formula is C11H19N3O. The van der Waals surface area contributed by atoms with Crippen molar-refractivity contribution in [2.24, 2.45) is 5.73 Å². The third kappa shape index (κ3) is 3.75. The van der Waals surface area contributed by atoms with Crippen LogP contribution in [0.5, 0.6) is 0 Å². The summed E-state index contributed by atoms with van der Waals surface area (Å²) in [5.41, 5.74) is 6.30. The van der Waals surface area contributed by atoms with Gasteiger partial charge < -0.3 is 15.6 Å². The summed E-state index contributed by atoms with van der Waals surface area (Å²) >= 11 is 0. The maximum Gasteiger partial charge on any atom is 0.237 e. The summed E-state index contributed by atoms with van der Waals surface area (Å²) in [6.07, 6.45) is 4.95. The highest BCUT2D eigenvalue weighted by atomic mass is 16.1. The number of amides is 1. The third-order valence-corrected chi connectivity index (χ3v) is 2.31. The highest BCUT2D eigenvalue weighted by molar-refractivity contribution is 5.73. The van der Waals surface area contributed by atoms with Crippen molar-refractivity contribution in [3.63, 3.8) is 0 Å². The van der Waals surface area contributed by atoms with Gasteiger partial charge in [0, 0.05) is 18.4 Å². The van der Waals surface area contributed by atoms with Crippen molar-refractivity contribution in [1.29, 1.82) is 0 Å². The summed E-state index contributed by atoms with van der Waals surface area (Å²) in [5.74, 6) is -0.314. The van der Waals surface area contributed by atoms with E-state index in [1.54, 1.807) is 0 Å². The Hall–Kier alpha value is -1.29. The highest BCUT2D eigenvalue weighted by Crippen LogP contribution is 2.12.